The first-order valence-electron chi connectivity index (χ1n) is 9.22. The third kappa shape index (κ3) is 4.07. The topological polar surface area (TPSA) is 76.8 Å². The summed E-state index contributed by atoms with van der Waals surface area (Å²) in [6, 6.07) is 19.5. The van der Waals surface area contributed by atoms with Crippen LogP contribution in [0.3, 0.4) is 0 Å². The third-order valence-electron chi connectivity index (χ3n) is 4.73. The van der Waals surface area contributed by atoms with Gasteiger partial charge in [0.25, 0.3) is 5.91 Å². The first-order valence-corrected chi connectivity index (χ1v) is 9.95. The molecular weight excluding hydrogens is 384 g/mol. The molecule has 0 unspecified atom stereocenters. The van der Waals surface area contributed by atoms with Gasteiger partial charge in [0, 0.05) is 5.69 Å². The second-order valence-corrected chi connectivity index (χ2v) is 7.22. The standard InChI is InChI=1S/C21H20N6OS/c1-15-19(24-29-23-15)14-27-16(2)20(22-25-27)21(28)26(18-11-7-4-8-12-18)13-17-9-5-3-6-10-17/h3-12H,13-14H2,1-2H3. The van der Waals surface area contributed by atoms with E-state index in [4.69, 9.17) is 0 Å². The Labute approximate surface area is 173 Å². The van der Waals surface area contributed by atoms with Crippen molar-refractivity contribution in [1.29, 1.82) is 0 Å². The zero-order valence-electron chi connectivity index (χ0n) is 16.2. The smallest absolute Gasteiger partial charge is 0.281 e. The van der Waals surface area contributed by atoms with Crippen molar-refractivity contribution in [3.8, 4) is 0 Å². The van der Waals surface area contributed by atoms with E-state index in [9.17, 15) is 4.79 Å². The molecule has 4 aromatic rings. The van der Waals surface area contributed by atoms with Crippen molar-refractivity contribution in [3.05, 3.63) is 89.0 Å². The van der Waals surface area contributed by atoms with Crippen LogP contribution in [0.25, 0.3) is 0 Å². The molecule has 0 aliphatic carbocycles. The molecular formula is C21H20N6OS. The lowest BCUT2D eigenvalue weighted by atomic mass is 10.1. The minimum absolute atomic E-state index is 0.183. The maximum Gasteiger partial charge on any atom is 0.281 e. The van der Waals surface area contributed by atoms with Crippen LogP contribution in [-0.4, -0.2) is 29.6 Å². The van der Waals surface area contributed by atoms with Crippen LogP contribution in [0.1, 0.15) is 33.1 Å². The van der Waals surface area contributed by atoms with Crippen LogP contribution in [0.4, 0.5) is 5.69 Å². The first-order chi connectivity index (χ1) is 14.1. The van der Waals surface area contributed by atoms with E-state index in [-0.39, 0.29) is 5.91 Å². The van der Waals surface area contributed by atoms with Crippen LogP contribution in [-0.2, 0) is 13.1 Å². The molecule has 4 rings (SSSR count). The molecule has 0 N–H and O–H groups in total. The largest absolute Gasteiger partial charge is 0.302 e. The van der Waals surface area contributed by atoms with Gasteiger partial charge in [-0.25, -0.2) is 4.68 Å². The highest BCUT2D eigenvalue weighted by Gasteiger charge is 2.24. The molecule has 0 radical (unpaired) electrons. The van der Waals surface area contributed by atoms with Gasteiger partial charge >= 0.3 is 0 Å². The molecule has 0 spiro atoms. The Bertz CT molecular complexity index is 1110. The lowest BCUT2D eigenvalue weighted by Gasteiger charge is -2.22. The Hall–Kier alpha value is -3.39. The van der Waals surface area contributed by atoms with E-state index in [2.05, 4.69) is 19.1 Å². The average molecular weight is 404 g/mol. The number of hydrogen-bond acceptors (Lipinski definition) is 6. The summed E-state index contributed by atoms with van der Waals surface area (Å²) in [7, 11) is 0. The van der Waals surface area contributed by atoms with E-state index in [1.54, 1.807) is 9.58 Å². The molecule has 2 aromatic heterocycles. The average Bonchev–Trinajstić information content (AvgIpc) is 3.33. The Morgan fingerprint density at radius 1 is 1.00 bits per heavy atom. The fourth-order valence-corrected chi connectivity index (χ4v) is 3.58. The maximum absolute atomic E-state index is 13.4. The van der Waals surface area contributed by atoms with Gasteiger partial charge in [0.05, 0.1) is 41.9 Å². The SMILES string of the molecule is Cc1nsnc1Cn1nnc(C(=O)N(Cc2ccccc2)c2ccccc2)c1C. The number of amides is 1. The minimum Gasteiger partial charge on any atom is -0.302 e. The zero-order chi connectivity index (χ0) is 20.2. The second kappa shape index (κ2) is 8.32. The summed E-state index contributed by atoms with van der Waals surface area (Å²) in [4.78, 5) is 15.2. The second-order valence-electron chi connectivity index (χ2n) is 6.69. The van der Waals surface area contributed by atoms with Crippen molar-refractivity contribution in [2.75, 3.05) is 4.90 Å². The van der Waals surface area contributed by atoms with Crippen LogP contribution in [0.15, 0.2) is 60.7 Å². The van der Waals surface area contributed by atoms with Gasteiger partial charge in [-0.15, -0.1) is 5.10 Å². The minimum atomic E-state index is -0.183. The van der Waals surface area contributed by atoms with Crippen molar-refractivity contribution in [2.24, 2.45) is 0 Å². The van der Waals surface area contributed by atoms with Crippen LogP contribution in [0.2, 0.25) is 0 Å². The van der Waals surface area contributed by atoms with E-state index in [1.807, 2.05) is 74.5 Å². The molecule has 0 aliphatic rings. The van der Waals surface area contributed by atoms with Crippen molar-refractivity contribution in [2.45, 2.75) is 26.9 Å². The highest BCUT2D eigenvalue weighted by molar-refractivity contribution is 6.99. The molecule has 2 heterocycles. The molecule has 1 amide bonds. The summed E-state index contributed by atoms with van der Waals surface area (Å²) in [6.07, 6.45) is 0. The molecule has 0 saturated heterocycles. The van der Waals surface area contributed by atoms with Crippen molar-refractivity contribution >= 4 is 23.3 Å². The van der Waals surface area contributed by atoms with E-state index in [0.717, 1.165) is 22.6 Å². The Morgan fingerprint density at radius 3 is 2.34 bits per heavy atom. The van der Waals surface area contributed by atoms with Gasteiger partial charge in [-0.2, -0.15) is 8.75 Å². The quantitative estimate of drug-likeness (QED) is 0.490. The molecule has 2 aromatic carbocycles. The summed E-state index contributed by atoms with van der Waals surface area (Å²) in [5, 5.41) is 8.38. The van der Waals surface area contributed by atoms with Crippen LogP contribution < -0.4 is 4.90 Å². The van der Waals surface area contributed by atoms with Gasteiger partial charge in [0.15, 0.2) is 5.69 Å². The fourth-order valence-electron chi connectivity index (χ4n) is 3.03. The summed E-state index contributed by atoms with van der Waals surface area (Å²) in [5.74, 6) is -0.183. The summed E-state index contributed by atoms with van der Waals surface area (Å²) < 4.78 is 10.2. The maximum atomic E-state index is 13.4. The molecule has 146 valence electrons. The predicted molar refractivity (Wildman–Crippen MR) is 112 cm³/mol. The zero-order valence-corrected chi connectivity index (χ0v) is 17.0. The summed E-state index contributed by atoms with van der Waals surface area (Å²) >= 11 is 1.17. The van der Waals surface area contributed by atoms with Gasteiger partial charge in [-0.3, -0.25) is 4.79 Å². The van der Waals surface area contributed by atoms with E-state index < -0.39 is 0 Å². The molecule has 0 atom stereocenters. The number of carbonyl (C=O) groups excluding carboxylic acids is 1. The number of anilines is 1. The number of benzene rings is 2. The molecule has 0 fully saturated rings. The molecule has 0 bridgehead atoms. The Morgan fingerprint density at radius 2 is 1.69 bits per heavy atom. The first kappa shape index (κ1) is 18.9. The molecule has 0 aliphatic heterocycles. The van der Waals surface area contributed by atoms with E-state index in [1.165, 1.54) is 11.7 Å². The normalized spacial score (nSPS) is 10.8. The van der Waals surface area contributed by atoms with Gasteiger partial charge < -0.3 is 4.90 Å². The van der Waals surface area contributed by atoms with Crippen LogP contribution >= 0.6 is 11.7 Å². The Balaban J connectivity index is 1.65. The Kier molecular flexibility index (Phi) is 5.44. The highest BCUT2D eigenvalue weighted by Crippen LogP contribution is 2.21. The number of carbonyl (C=O) groups is 1. The highest BCUT2D eigenvalue weighted by atomic mass is 32.1. The summed E-state index contributed by atoms with van der Waals surface area (Å²) in [5.41, 5.74) is 4.61. The summed E-state index contributed by atoms with van der Waals surface area (Å²) in [6.45, 7) is 4.66. The molecule has 29 heavy (non-hydrogen) atoms. The predicted octanol–water partition coefficient (Wildman–Crippen LogP) is 3.64. The number of aromatic nitrogens is 5. The van der Waals surface area contributed by atoms with Gasteiger partial charge in [-0.1, -0.05) is 53.7 Å². The molecule has 8 heteroatoms. The number of aryl methyl sites for hydroxylation is 1. The lowest BCUT2D eigenvalue weighted by molar-refractivity contribution is 0.0979. The van der Waals surface area contributed by atoms with Gasteiger partial charge in [-0.05, 0) is 31.5 Å². The number of rotatable bonds is 6. The number of hydrogen-bond donors (Lipinski definition) is 0. The number of nitrogens with zero attached hydrogens (tertiary/aromatic N) is 6. The van der Waals surface area contributed by atoms with Gasteiger partial charge in [0.1, 0.15) is 0 Å². The van der Waals surface area contributed by atoms with Crippen molar-refractivity contribution in [1.82, 2.24) is 23.7 Å². The van der Waals surface area contributed by atoms with Crippen molar-refractivity contribution in [3.63, 3.8) is 0 Å². The van der Waals surface area contributed by atoms with E-state index >= 15 is 0 Å². The fraction of sp³-hybridized carbons (Fsp3) is 0.190. The van der Waals surface area contributed by atoms with Crippen molar-refractivity contribution < 1.29 is 4.79 Å². The van der Waals surface area contributed by atoms with E-state index in [0.29, 0.717) is 24.5 Å². The third-order valence-corrected chi connectivity index (χ3v) is 5.39. The monoisotopic (exact) mass is 404 g/mol. The van der Waals surface area contributed by atoms with Gasteiger partial charge in [0.2, 0.25) is 0 Å². The van der Waals surface area contributed by atoms with Crippen LogP contribution in [0.5, 0.6) is 0 Å². The molecule has 7 nitrogen and oxygen atoms in total. The molecule has 0 saturated carbocycles. The van der Waals surface area contributed by atoms with Crippen LogP contribution in [0, 0.1) is 13.8 Å². The number of para-hydroxylation sites is 1. The lowest BCUT2D eigenvalue weighted by Crippen LogP contribution is -2.31.